The third-order valence-electron chi connectivity index (χ3n) is 2.67. The molecule has 0 aliphatic carbocycles. The Hall–Kier alpha value is -1.88. The zero-order valence-electron chi connectivity index (χ0n) is 9.55. The minimum absolute atomic E-state index is 0.764. The van der Waals surface area contributed by atoms with Crippen molar-refractivity contribution in [3.8, 4) is 0 Å². The number of fused-ring (bicyclic) bond motifs is 1. The second-order valence-electron chi connectivity index (χ2n) is 3.94. The summed E-state index contributed by atoms with van der Waals surface area (Å²) in [6.07, 6.45) is 3.44. The van der Waals surface area contributed by atoms with Crippen LogP contribution in [0.1, 0.15) is 5.56 Å². The third-order valence-corrected chi connectivity index (χ3v) is 3.10. The molecule has 3 rings (SSSR count). The number of rotatable bonds is 3. The van der Waals surface area contributed by atoms with Gasteiger partial charge in [0.25, 0.3) is 0 Å². The van der Waals surface area contributed by atoms with Gasteiger partial charge in [-0.1, -0.05) is 30.3 Å². The van der Waals surface area contributed by atoms with Gasteiger partial charge >= 0.3 is 0 Å². The number of anilines is 1. The zero-order chi connectivity index (χ0) is 12.4. The first kappa shape index (κ1) is 11.2. The molecule has 0 aliphatic heterocycles. The van der Waals surface area contributed by atoms with Crippen LogP contribution in [0.5, 0.6) is 0 Å². The molecule has 0 unspecified atom stereocenters. The van der Waals surface area contributed by atoms with Crippen molar-refractivity contribution >= 4 is 27.3 Å². The van der Waals surface area contributed by atoms with E-state index >= 15 is 0 Å². The van der Waals surface area contributed by atoms with E-state index < -0.39 is 0 Å². The molecule has 2 heterocycles. The van der Waals surface area contributed by atoms with Crippen molar-refractivity contribution in [3.05, 3.63) is 59.0 Å². The smallest absolute Gasteiger partial charge is 0.178 e. The highest BCUT2D eigenvalue weighted by Gasteiger charge is 2.04. The molecule has 4 nitrogen and oxygen atoms in total. The molecule has 0 aliphatic rings. The van der Waals surface area contributed by atoms with Crippen molar-refractivity contribution in [2.45, 2.75) is 6.54 Å². The Morgan fingerprint density at radius 1 is 1.22 bits per heavy atom. The fraction of sp³-hybridized carbons (Fsp3) is 0.0769. The molecule has 3 aromatic rings. The van der Waals surface area contributed by atoms with E-state index in [0.29, 0.717) is 0 Å². The summed E-state index contributed by atoms with van der Waals surface area (Å²) in [7, 11) is 0. The van der Waals surface area contributed by atoms with E-state index in [-0.39, 0.29) is 0 Å². The van der Waals surface area contributed by atoms with Gasteiger partial charge in [-0.25, -0.2) is 9.50 Å². The van der Waals surface area contributed by atoms with Gasteiger partial charge in [-0.05, 0) is 27.6 Å². The predicted molar refractivity (Wildman–Crippen MR) is 74.5 cm³/mol. The Balaban J connectivity index is 1.88. The normalized spacial score (nSPS) is 10.7. The van der Waals surface area contributed by atoms with Crippen LogP contribution in [0, 0.1) is 0 Å². The molecule has 0 radical (unpaired) electrons. The van der Waals surface area contributed by atoms with Gasteiger partial charge in [0.1, 0.15) is 6.33 Å². The topological polar surface area (TPSA) is 42.2 Å². The summed E-state index contributed by atoms with van der Waals surface area (Å²) in [4.78, 5) is 4.24. The Labute approximate surface area is 113 Å². The van der Waals surface area contributed by atoms with Gasteiger partial charge in [0, 0.05) is 17.2 Å². The van der Waals surface area contributed by atoms with Gasteiger partial charge in [-0.3, -0.25) is 0 Å². The Morgan fingerprint density at radius 2 is 2.06 bits per heavy atom. The first-order valence-electron chi connectivity index (χ1n) is 5.59. The summed E-state index contributed by atoms with van der Waals surface area (Å²) in [5.74, 6) is 0. The van der Waals surface area contributed by atoms with Gasteiger partial charge in [0.2, 0.25) is 0 Å². The third kappa shape index (κ3) is 2.22. The largest absolute Gasteiger partial charge is 0.378 e. The van der Waals surface area contributed by atoms with Gasteiger partial charge in [-0.15, -0.1) is 0 Å². The van der Waals surface area contributed by atoms with Crippen molar-refractivity contribution < 1.29 is 0 Å². The fourth-order valence-corrected chi connectivity index (χ4v) is 2.24. The van der Waals surface area contributed by atoms with Gasteiger partial charge in [-0.2, -0.15) is 5.10 Å². The summed E-state index contributed by atoms with van der Waals surface area (Å²) >= 11 is 3.47. The maximum Gasteiger partial charge on any atom is 0.178 e. The summed E-state index contributed by atoms with van der Waals surface area (Å²) in [6.45, 7) is 0.764. The Kier molecular flexibility index (Phi) is 2.98. The van der Waals surface area contributed by atoms with Crippen molar-refractivity contribution in [1.82, 2.24) is 14.6 Å². The number of aromatic nitrogens is 3. The van der Waals surface area contributed by atoms with E-state index in [9.17, 15) is 0 Å². The lowest BCUT2D eigenvalue weighted by Crippen LogP contribution is -2.02. The second kappa shape index (κ2) is 4.78. The van der Waals surface area contributed by atoms with E-state index in [2.05, 4.69) is 43.5 Å². The highest BCUT2D eigenvalue weighted by atomic mass is 79.9. The molecule has 1 aromatic carbocycles. The molecule has 0 saturated heterocycles. The molecule has 0 bridgehead atoms. The molecular weight excluding hydrogens is 292 g/mol. The average Bonchev–Trinajstić information content (AvgIpc) is 2.85. The summed E-state index contributed by atoms with van der Waals surface area (Å²) in [5, 5.41) is 7.51. The van der Waals surface area contributed by atoms with Crippen molar-refractivity contribution in [2.24, 2.45) is 0 Å². The van der Waals surface area contributed by atoms with Crippen molar-refractivity contribution in [1.29, 1.82) is 0 Å². The molecule has 0 amide bonds. The highest BCUT2D eigenvalue weighted by molar-refractivity contribution is 9.10. The lowest BCUT2D eigenvalue weighted by molar-refractivity contribution is 0.954. The fourth-order valence-electron chi connectivity index (χ4n) is 1.82. The van der Waals surface area contributed by atoms with Gasteiger partial charge in [0.05, 0.1) is 5.69 Å². The second-order valence-corrected chi connectivity index (χ2v) is 4.86. The monoisotopic (exact) mass is 302 g/mol. The summed E-state index contributed by atoms with van der Waals surface area (Å²) in [6, 6.07) is 12.3. The van der Waals surface area contributed by atoms with Gasteiger partial charge < -0.3 is 5.32 Å². The minimum Gasteiger partial charge on any atom is -0.378 e. The number of pyridine rings is 1. The molecule has 0 spiro atoms. The minimum atomic E-state index is 0.764. The van der Waals surface area contributed by atoms with E-state index in [1.165, 1.54) is 5.56 Å². The van der Waals surface area contributed by atoms with Crippen LogP contribution in [0.25, 0.3) is 5.65 Å². The molecule has 18 heavy (non-hydrogen) atoms. The predicted octanol–water partition coefficient (Wildman–Crippen LogP) is 3.10. The van der Waals surface area contributed by atoms with Crippen molar-refractivity contribution in [3.63, 3.8) is 0 Å². The van der Waals surface area contributed by atoms with E-state index in [0.717, 1.165) is 22.4 Å². The molecule has 0 fully saturated rings. The Bertz CT molecular complexity index is 663. The number of halogens is 1. The van der Waals surface area contributed by atoms with Crippen LogP contribution in [0.3, 0.4) is 0 Å². The molecule has 0 saturated carbocycles. The molecular formula is C13H11BrN4. The molecule has 0 atom stereocenters. The molecule has 1 N–H and O–H groups in total. The number of nitrogens with one attached hydrogen (secondary N) is 1. The number of benzene rings is 1. The van der Waals surface area contributed by atoms with E-state index in [1.54, 1.807) is 10.8 Å². The van der Waals surface area contributed by atoms with Gasteiger partial charge in [0.15, 0.2) is 5.65 Å². The van der Waals surface area contributed by atoms with Crippen LogP contribution in [0.2, 0.25) is 0 Å². The Morgan fingerprint density at radius 3 is 2.89 bits per heavy atom. The maximum absolute atomic E-state index is 4.24. The highest BCUT2D eigenvalue weighted by Crippen LogP contribution is 2.21. The van der Waals surface area contributed by atoms with Crippen LogP contribution < -0.4 is 5.32 Å². The van der Waals surface area contributed by atoms with Crippen molar-refractivity contribution in [2.75, 3.05) is 5.32 Å². The number of hydrogen-bond donors (Lipinski definition) is 1. The first-order valence-corrected chi connectivity index (χ1v) is 6.39. The van der Waals surface area contributed by atoms with Crippen LogP contribution in [-0.4, -0.2) is 14.6 Å². The van der Waals surface area contributed by atoms with Crippen LogP contribution in [-0.2, 0) is 6.54 Å². The maximum atomic E-state index is 4.24. The average molecular weight is 303 g/mol. The van der Waals surface area contributed by atoms with E-state index in [1.807, 2.05) is 30.5 Å². The van der Waals surface area contributed by atoms with Crippen LogP contribution >= 0.6 is 15.9 Å². The quantitative estimate of drug-likeness (QED) is 0.808. The molecule has 5 heteroatoms. The summed E-state index contributed by atoms with van der Waals surface area (Å²) < 4.78 is 2.72. The molecule has 90 valence electrons. The first-order chi connectivity index (χ1) is 8.83. The number of nitrogens with zero attached hydrogens (tertiary/aromatic N) is 3. The zero-order valence-corrected chi connectivity index (χ0v) is 11.1. The standard InChI is InChI=1S/C13H11BrN4/c14-11-6-12(13-16-9-17-18(13)8-11)15-7-10-4-2-1-3-5-10/h1-6,8-9,15H,7H2. The lowest BCUT2D eigenvalue weighted by atomic mass is 10.2. The van der Waals surface area contributed by atoms with Crippen LogP contribution in [0.15, 0.2) is 53.4 Å². The molecule has 2 aromatic heterocycles. The summed E-state index contributed by atoms with van der Waals surface area (Å²) in [5.41, 5.74) is 3.02. The van der Waals surface area contributed by atoms with E-state index in [4.69, 9.17) is 0 Å². The SMILES string of the molecule is Brc1cc(NCc2ccccc2)c2ncnn2c1. The number of hydrogen-bond acceptors (Lipinski definition) is 3. The lowest BCUT2D eigenvalue weighted by Gasteiger charge is -2.08. The van der Waals surface area contributed by atoms with Crippen LogP contribution in [0.4, 0.5) is 5.69 Å².